The van der Waals surface area contributed by atoms with Crippen molar-refractivity contribution in [1.82, 2.24) is 15.0 Å². The fraction of sp³-hybridized carbons (Fsp3) is 0.263. The maximum absolute atomic E-state index is 14.0. The molecule has 1 heterocycles. The Morgan fingerprint density at radius 1 is 1.14 bits per heavy atom. The molecule has 0 aliphatic heterocycles. The van der Waals surface area contributed by atoms with Crippen molar-refractivity contribution < 1.29 is 26.8 Å². The number of benzene rings is 2. The summed E-state index contributed by atoms with van der Waals surface area (Å²) >= 11 is 0. The minimum absolute atomic E-state index is 0.0756. The molecule has 0 aliphatic rings. The Labute approximate surface area is 158 Å². The molecule has 3 aromatic rings. The summed E-state index contributed by atoms with van der Waals surface area (Å²) in [6.45, 7) is -1.14. The summed E-state index contributed by atoms with van der Waals surface area (Å²) in [7, 11) is 1.69. The summed E-state index contributed by atoms with van der Waals surface area (Å²) in [5.41, 5.74) is 0.447. The quantitative estimate of drug-likeness (QED) is 0.538. The Hall–Kier alpha value is -2.94. The van der Waals surface area contributed by atoms with Crippen molar-refractivity contribution in [3.05, 3.63) is 65.6 Å². The summed E-state index contributed by atoms with van der Waals surface area (Å²) < 4.78 is 62.2. The first kappa shape index (κ1) is 19.8. The molecular weight excluding hydrogens is 378 g/mol. The van der Waals surface area contributed by atoms with E-state index in [1.165, 1.54) is 12.1 Å². The number of alkyl halides is 2. The number of hydrogen-bond acceptors (Lipinski definition) is 5. The lowest BCUT2D eigenvalue weighted by Crippen LogP contribution is -2.23. The molecule has 0 N–H and O–H groups in total. The summed E-state index contributed by atoms with van der Waals surface area (Å²) in [5.74, 6) is -0.858. The molecule has 0 aliphatic carbocycles. The third-order valence-electron chi connectivity index (χ3n) is 4.27. The third-order valence-corrected chi connectivity index (χ3v) is 4.27. The van der Waals surface area contributed by atoms with Crippen LogP contribution in [0, 0.1) is 11.6 Å². The molecule has 9 heteroatoms. The smallest absolute Gasteiger partial charge is 0.387 e. The topological polar surface area (TPSA) is 51.4 Å². The lowest BCUT2D eigenvalue weighted by Gasteiger charge is -2.23. The predicted octanol–water partition coefficient (Wildman–Crippen LogP) is 4.81. The zero-order valence-electron chi connectivity index (χ0n) is 15.1. The number of rotatable bonds is 7. The van der Waals surface area contributed by atoms with Gasteiger partial charge in [0.1, 0.15) is 17.4 Å². The number of halogens is 4. The summed E-state index contributed by atoms with van der Waals surface area (Å²) in [4.78, 5) is 5.88. The summed E-state index contributed by atoms with van der Waals surface area (Å²) in [6, 6.07) is 8.86. The van der Waals surface area contributed by atoms with E-state index < -0.39 is 24.3 Å². The Bertz CT molecular complexity index is 948. The van der Waals surface area contributed by atoms with Gasteiger partial charge >= 0.3 is 6.61 Å². The van der Waals surface area contributed by atoms with E-state index in [1.54, 1.807) is 31.0 Å². The molecular formula is C19H17F4N3O2. The number of nitrogens with zero attached hydrogens (tertiary/aromatic N) is 3. The van der Waals surface area contributed by atoms with Gasteiger partial charge in [-0.3, -0.25) is 4.90 Å². The summed E-state index contributed by atoms with van der Waals surface area (Å²) in [5, 5.41) is 3.80. The molecule has 1 unspecified atom stereocenters. The second-order valence-electron chi connectivity index (χ2n) is 6.14. The van der Waals surface area contributed by atoms with Crippen molar-refractivity contribution in [2.24, 2.45) is 0 Å². The van der Waals surface area contributed by atoms with E-state index in [9.17, 15) is 17.6 Å². The Morgan fingerprint density at radius 2 is 1.89 bits per heavy atom. The molecule has 0 bridgehead atoms. The van der Waals surface area contributed by atoms with E-state index in [2.05, 4.69) is 14.9 Å². The van der Waals surface area contributed by atoms with Crippen LogP contribution >= 0.6 is 0 Å². The van der Waals surface area contributed by atoms with Gasteiger partial charge in [-0.05, 0) is 44.3 Å². The van der Waals surface area contributed by atoms with Gasteiger partial charge in [0.05, 0.1) is 12.1 Å². The maximum Gasteiger partial charge on any atom is 0.387 e. The highest BCUT2D eigenvalue weighted by atomic mass is 19.3. The Morgan fingerprint density at radius 3 is 2.64 bits per heavy atom. The van der Waals surface area contributed by atoms with Gasteiger partial charge in [-0.1, -0.05) is 17.3 Å². The van der Waals surface area contributed by atoms with Crippen molar-refractivity contribution in [1.29, 1.82) is 0 Å². The lowest BCUT2D eigenvalue weighted by molar-refractivity contribution is -0.0494. The van der Waals surface area contributed by atoms with E-state index >= 15 is 0 Å². The zero-order chi connectivity index (χ0) is 20.3. The van der Waals surface area contributed by atoms with E-state index in [4.69, 9.17) is 4.52 Å². The fourth-order valence-electron chi connectivity index (χ4n) is 2.70. The number of aromatic nitrogens is 2. The first-order valence-corrected chi connectivity index (χ1v) is 8.37. The molecule has 0 radical (unpaired) electrons. The van der Waals surface area contributed by atoms with E-state index in [0.29, 0.717) is 0 Å². The van der Waals surface area contributed by atoms with Crippen molar-refractivity contribution in [3.63, 3.8) is 0 Å². The van der Waals surface area contributed by atoms with Gasteiger partial charge < -0.3 is 9.26 Å². The van der Waals surface area contributed by atoms with Crippen molar-refractivity contribution in [3.8, 4) is 17.1 Å². The molecule has 2 aromatic carbocycles. The highest BCUT2D eigenvalue weighted by Crippen LogP contribution is 2.29. The average Bonchev–Trinajstić information content (AvgIpc) is 3.11. The van der Waals surface area contributed by atoms with Crippen LogP contribution in [0.25, 0.3) is 11.4 Å². The SMILES string of the molecule is CC(c1cc(F)ccc1F)N(C)Cc1nc(-c2ccccc2OC(F)F)no1. The second kappa shape index (κ2) is 8.39. The van der Waals surface area contributed by atoms with E-state index in [1.807, 2.05) is 0 Å². The van der Waals surface area contributed by atoms with E-state index in [0.717, 1.165) is 18.2 Å². The van der Waals surface area contributed by atoms with E-state index in [-0.39, 0.29) is 35.1 Å². The van der Waals surface area contributed by atoms with Crippen molar-refractivity contribution in [2.75, 3.05) is 7.05 Å². The van der Waals surface area contributed by atoms with Crippen LogP contribution in [0.5, 0.6) is 5.75 Å². The average molecular weight is 395 g/mol. The van der Waals surface area contributed by atoms with Gasteiger partial charge in [0.2, 0.25) is 11.7 Å². The van der Waals surface area contributed by atoms with Crippen LogP contribution in [0.2, 0.25) is 0 Å². The monoisotopic (exact) mass is 395 g/mol. The van der Waals surface area contributed by atoms with Crippen LogP contribution in [0.15, 0.2) is 47.0 Å². The highest BCUT2D eigenvalue weighted by Gasteiger charge is 2.20. The molecule has 28 heavy (non-hydrogen) atoms. The molecule has 0 saturated heterocycles. The van der Waals surface area contributed by atoms with Crippen LogP contribution < -0.4 is 4.74 Å². The molecule has 1 aromatic heterocycles. The number of para-hydroxylation sites is 1. The van der Waals surface area contributed by atoms with Crippen molar-refractivity contribution in [2.45, 2.75) is 26.1 Å². The molecule has 148 valence electrons. The lowest BCUT2D eigenvalue weighted by atomic mass is 10.1. The molecule has 0 spiro atoms. The second-order valence-corrected chi connectivity index (χ2v) is 6.14. The van der Waals surface area contributed by atoms with Crippen molar-refractivity contribution >= 4 is 0 Å². The molecule has 0 amide bonds. The molecule has 0 saturated carbocycles. The van der Waals surface area contributed by atoms with Crippen LogP contribution in [0.3, 0.4) is 0 Å². The molecule has 0 fully saturated rings. The largest absolute Gasteiger partial charge is 0.434 e. The first-order valence-electron chi connectivity index (χ1n) is 8.37. The van der Waals surface area contributed by atoms with Crippen LogP contribution in [-0.2, 0) is 6.54 Å². The number of hydrogen-bond donors (Lipinski definition) is 0. The van der Waals surface area contributed by atoms with Crippen LogP contribution in [-0.4, -0.2) is 28.7 Å². The first-order chi connectivity index (χ1) is 13.3. The molecule has 1 atom stereocenters. The predicted molar refractivity (Wildman–Crippen MR) is 92.6 cm³/mol. The van der Waals surface area contributed by atoms with Gasteiger partial charge in [-0.25, -0.2) is 8.78 Å². The van der Waals surface area contributed by atoms with Gasteiger partial charge in [-0.2, -0.15) is 13.8 Å². The third kappa shape index (κ3) is 4.48. The Balaban J connectivity index is 1.77. The van der Waals surface area contributed by atoms with Gasteiger partial charge in [-0.15, -0.1) is 0 Å². The highest BCUT2D eigenvalue weighted by molar-refractivity contribution is 5.63. The maximum atomic E-state index is 14.0. The summed E-state index contributed by atoms with van der Waals surface area (Å²) in [6.07, 6.45) is 0. The van der Waals surface area contributed by atoms with Gasteiger partial charge in [0.25, 0.3) is 0 Å². The molecule has 3 rings (SSSR count). The standard InChI is InChI=1S/C19H17F4N3O2/c1-11(14-9-12(20)7-8-15(14)21)26(2)10-17-24-18(25-28-17)13-5-3-4-6-16(13)27-19(22)23/h3-9,11,19H,10H2,1-2H3. The van der Waals surface area contributed by atoms with Gasteiger partial charge in [0.15, 0.2) is 0 Å². The Kier molecular flexibility index (Phi) is 5.93. The zero-order valence-corrected chi connectivity index (χ0v) is 15.1. The van der Waals surface area contributed by atoms with Gasteiger partial charge in [0, 0.05) is 11.6 Å². The van der Waals surface area contributed by atoms with Crippen LogP contribution in [0.4, 0.5) is 17.6 Å². The normalized spacial score (nSPS) is 12.6. The minimum atomic E-state index is -2.99. The molecule has 5 nitrogen and oxygen atoms in total. The van der Waals surface area contributed by atoms with Crippen LogP contribution in [0.1, 0.15) is 24.4 Å². The number of ether oxygens (including phenoxy) is 1. The minimum Gasteiger partial charge on any atom is -0.434 e. The fourth-order valence-corrected chi connectivity index (χ4v) is 2.70.